The minimum Gasteiger partial charge on any atom is -0.508 e. The molecule has 15 heteroatoms. The number of carbonyl (C=O) groups is 3. The van der Waals surface area contributed by atoms with Gasteiger partial charge in [-0.2, -0.15) is 0 Å². The molecule has 15 nitrogen and oxygen atoms in total. The fourth-order valence-corrected chi connectivity index (χ4v) is 16.1. The van der Waals surface area contributed by atoms with Crippen LogP contribution in [0.4, 0.5) is 0 Å². The summed E-state index contributed by atoms with van der Waals surface area (Å²) in [6.45, 7) is 15.9. The largest absolute Gasteiger partial charge is 0.508 e. The van der Waals surface area contributed by atoms with Gasteiger partial charge < -0.3 is 56.3 Å². The summed E-state index contributed by atoms with van der Waals surface area (Å²) in [6.07, 6.45) is 22.7. The number of unbranched alkanes of at least 4 members (excludes halogenated alkanes) is 7. The molecule has 2 amide bonds. The van der Waals surface area contributed by atoms with Crippen molar-refractivity contribution in [3.05, 3.63) is 75.9 Å². The second kappa shape index (κ2) is 30.4. The molecule has 8 rings (SSSR count). The molecule has 4 saturated carbocycles. The van der Waals surface area contributed by atoms with Crippen LogP contribution in [0.5, 0.6) is 5.75 Å². The molecule has 0 radical (unpaired) electrons. The molecule has 5 aliphatic carbocycles. The number of nitrogens with zero attached hydrogens (tertiary/aromatic N) is 1. The molecule has 83 heavy (non-hydrogen) atoms. The van der Waals surface area contributed by atoms with Gasteiger partial charge >= 0.3 is 5.97 Å². The molecule has 9 N–H and O–H groups in total. The van der Waals surface area contributed by atoms with Crippen LogP contribution in [0.25, 0.3) is 33.4 Å². The number of carbonyl (C=O) groups excluding carboxylic acids is 2. The number of aromatic hydroxyl groups is 1. The molecule has 2 aromatic carbocycles. The zero-order valence-electron chi connectivity index (χ0n) is 50.7. The Labute approximate surface area is 494 Å². The first-order chi connectivity index (χ1) is 40.2. The first kappa shape index (κ1) is 64.1. The van der Waals surface area contributed by atoms with E-state index in [2.05, 4.69) is 37.9 Å². The summed E-state index contributed by atoms with van der Waals surface area (Å²) < 4.78 is 26.6. The van der Waals surface area contributed by atoms with E-state index in [0.717, 1.165) is 96.7 Å². The number of amides is 2. The van der Waals surface area contributed by atoms with Crippen LogP contribution in [0, 0.1) is 46.3 Å². The molecule has 11 atom stereocenters. The van der Waals surface area contributed by atoms with E-state index in [-0.39, 0.29) is 68.7 Å². The van der Waals surface area contributed by atoms with Crippen LogP contribution in [0.1, 0.15) is 190 Å². The van der Waals surface area contributed by atoms with Crippen LogP contribution in [0.3, 0.4) is 0 Å². The average molecular weight is 1150 g/mol. The van der Waals surface area contributed by atoms with E-state index in [9.17, 15) is 29.4 Å². The van der Waals surface area contributed by atoms with E-state index in [1.54, 1.807) is 24.3 Å². The fourth-order valence-electron chi connectivity index (χ4n) is 16.1. The molecule has 0 spiro atoms. The number of fused-ring (bicyclic) bond motifs is 7. The third-order valence-corrected chi connectivity index (χ3v) is 20.5. The summed E-state index contributed by atoms with van der Waals surface area (Å²) in [5.41, 5.74) is 19.7. The molecule has 0 saturated heterocycles. The molecular weight excluding hydrogens is 1050 g/mol. The van der Waals surface area contributed by atoms with Gasteiger partial charge in [0.15, 0.2) is 5.43 Å². The highest BCUT2D eigenvalue weighted by Crippen LogP contribution is 2.69. The second-order valence-electron chi connectivity index (χ2n) is 25.7. The summed E-state index contributed by atoms with van der Waals surface area (Å²) in [6, 6.07) is 13.4. The molecule has 1 heterocycles. The predicted molar refractivity (Wildman–Crippen MR) is 329 cm³/mol. The van der Waals surface area contributed by atoms with Gasteiger partial charge in [-0.05, 0) is 199 Å². The topological polar surface area (TPSA) is 243 Å². The SMILES string of the molecule is CCCCCCCCN(CCCC(C)C1CC[C@H]2C3[C@H](OCCCN)CC4C[C@H](OCCCN)CCC4(C)[C@H]3C[C@H](OCCCN)C12C)C(=O)CCCCCNC(=O)c1ccc(-c2c3ccc(=O)cc-3oc3cc(O)ccc23)c(C(=O)O)c1. The number of phenols is 1. The summed E-state index contributed by atoms with van der Waals surface area (Å²) in [5.74, 6) is 1.79. The Bertz CT molecular complexity index is 2770. The van der Waals surface area contributed by atoms with Crippen LogP contribution in [0.15, 0.2) is 63.8 Å². The quantitative estimate of drug-likeness (QED) is 0.0192. The highest BCUT2D eigenvalue weighted by molar-refractivity contribution is 6.09. The van der Waals surface area contributed by atoms with Crippen LogP contribution < -0.4 is 27.9 Å². The standard InChI is InChI=1S/C68H101N5O10/c1-5-6-7-8-9-13-34-73(62(76)19-11-10-12-33-72-65(77)46-20-23-51(54(39-46)66(78)79)63-52-24-21-48(74)42-58(52)83-59-43-49(75)22-25-53(59)63)35-14-18-45(2)55-26-27-56-64-57(44-61(68(55,56)4)82-38-17-32-71)67(3)29-28-50(80-36-15-30-69)40-47(67)41-60(64)81-37-16-31-70/h20-25,39,42-43,45,47,50,55-57,60-61,64,74H,5-19,26-38,40-41,44,69-71H2,1-4H3,(H,72,77)(H,78,79)/t45?,47?,50-,55?,56+,57+,60-,61+,64?,67?,68?/m1/s1. The van der Waals surface area contributed by atoms with Crippen molar-refractivity contribution in [2.24, 2.45) is 63.5 Å². The van der Waals surface area contributed by atoms with E-state index < -0.39 is 11.9 Å². The lowest BCUT2D eigenvalue weighted by molar-refractivity contribution is -0.227. The van der Waals surface area contributed by atoms with Crippen molar-refractivity contribution >= 4 is 28.8 Å². The van der Waals surface area contributed by atoms with Crippen molar-refractivity contribution in [1.82, 2.24) is 10.2 Å². The lowest BCUT2D eigenvalue weighted by Crippen LogP contribution is -2.63. The number of ether oxygens (including phenoxy) is 3. The minimum atomic E-state index is -1.22. The van der Waals surface area contributed by atoms with E-state index in [1.165, 1.54) is 75.3 Å². The van der Waals surface area contributed by atoms with Gasteiger partial charge in [0, 0.05) is 85.5 Å². The Kier molecular flexibility index (Phi) is 23.5. The first-order valence-corrected chi connectivity index (χ1v) is 32.2. The molecule has 6 aliphatic rings. The van der Waals surface area contributed by atoms with Crippen LogP contribution in [-0.2, 0) is 19.0 Å². The second-order valence-corrected chi connectivity index (χ2v) is 25.7. The van der Waals surface area contributed by atoms with Gasteiger partial charge in [0.2, 0.25) is 5.91 Å². The lowest BCUT2D eigenvalue weighted by Gasteiger charge is -2.65. The van der Waals surface area contributed by atoms with Crippen molar-refractivity contribution in [3.63, 3.8) is 0 Å². The van der Waals surface area contributed by atoms with Crippen molar-refractivity contribution in [3.8, 4) is 28.2 Å². The van der Waals surface area contributed by atoms with Crippen molar-refractivity contribution in [2.45, 2.75) is 187 Å². The maximum absolute atomic E-state index is 14.2. The molecule has 458 valence electrons. The van der Waals surface area contributed by atoms with Gasteiger partial charge in [-0.15, -0.1) is 0 Å². The van der Waals surface area contributed by atoms with Gasteiger partial charge in [-0.3, -0.25) is 14.4 Å². The van der Waals surface area contributed by atoms with Gasteiger partial charge in [-0.1, -0.05) is 72.3 Å². The maximum Gasteiger partial charge on any atom is 0.336 e. The summed E-state index contributed by atoms with van der Waals surface area (Å²) in [4.78, 5) is 54.9. The molecule has 0 aromatic heterocycles. The number of phenolic OH excluding ortho intramolecular Hbond substituents is 1. The molecule has 1 aliphatic heterocycles. The third kappa shape index (κ3) is 15.2. The number of rotatable bonds is 33. The Morgan fingerprint density at radius 3 is 2.23 bits per heavy atom. The first-order valence-electron chi connectivity index (χ1n) is 32.2. The zero-order chi connectivity index (χ0) is 59.1. The third-order valence-electron chi connectivity index (χ3n) is 20.5. The number of hydrogen-bond donors (Lipinski definition) is 6. The van der Waals surface area contributed by atoms with Crippen LogP contribution in [-0.4, -0.2) is 110 Å². The number of carboxylic acid groups (broad SMARTS) is 1. The average Bonchev–Trinajstić information content (AvgIpc) is 2.25. The van der Waals surface area contributed by atoms with E-state index in [1.807, 2.05) is 0 Å². The predicted octanol–water partition coefficient (Wildman–Crippen LogP) is 11.9. The minimum absolute atomic E-state index is 0.000905. The van der Waals surface area contributed by atoms with E-state index in [4.69, 9.17) is 35.8 Å². The Hall–Kier alpha value is -4.90. The number of aromatic carboxylic acids is 1. The Morgan fingerprint density at radius 2 is 1.47 bits per heavy atom. The molecule has 0 bridgehead atoms. The highest BCUT2D eigenvalue weighted by Gasteiger charge is 2.66. The maximum atomic E-state index is 14.2. The van der Waals surface area contributed by atoms with Gasteiger partial charge in [0.05, 0.1) is 23.9 Å². The summed E-state index contributed by atoms with van der Waals surface area (Å²) in [7, 11) is 0. The van der Waals surface area contributed by atoms with Crippen molar-refractivity contribution < 1.29 is 43.2 Å². The molecular formula is C68H101N5O10. The normalized spacial score (nSPS) is 26.1. The van der Waals surface area contributed by atoms with Crippen LogP contribution in [0.2, 0.25) is 0 Å². The number of hydrogen-bond acceptors (Lipinski definition) is 12. The Balaban J connectivity index is 0.877. The lowest BCUT2D eigenvalue weighted by atomic mass is 9.43. The fraction of sp³-hybridized carbons (Fsp3) is 0.676. The van der Waals surface area contributed by atoms with Crippen molar-refractivity contribution in [1.29, 1.82) is 0 Å². The highest BCUT2D eigenvalue weighted by atomic mass is 16.5. The monoisotopic (exact) mass is 1150 g/mol. The zero-order valence-corrected chi connectivity index (χ0v) is 50.7. The summed E-state index contributed by atoms with van der Waals surface area (Å²) in [5, 5.41) is 24.2. The number of benzene rings is 3. The Morgan fingerprint density at radius 1 is 0.759 bits per heavy atom. The van der Waals surface area contributed by atoms with Crippen molar-refractivity contribution in [2.75, 3.05) is 59.1 Å². The number of nitrogens with one attached hydrogen (secondary N) is 1. The van der Waals surface area contributed by atoms with Crippen LogP contribution >= 0.6 is 0 Å². The van der Waals surface area contributed by atoms with E-state index in [0.29, 0.717) is 116 Å². The van der Waals surface area contributed by atoms with E-state index >= 15 is 0 Å². The summed E-state index contributed by atoms with van der Waals surface area (Å²) >= 11 is 0. The smallest absolute Gasteiger partial charge is 0.336 e. The van der Waals surface area contributed by atoms with Gasteiger partial charge in [0.1, 0.15) is 17.1 Å². The number of carboxylic acids is 1. The molecule has 2 aromatic rings. The number of nitrogens with two attached hydrogens (primary N) is 3. The van der Waals surface area contributed by atoms with Gasteiger partial charge in [0.25, 0.3) is 5.91 Å². The molecule has 4 fully saturated rings. The van der Waals surface area contributed by atoms with Gasteiger partial charge in [-0.25, -0.2) is 4.79 Å². The molecule has 6 unspecified atom stereocenters.